The van der Waals surface area contributed by atoms with E-state index in [0.29, 0.717) is 24.2 Å². The van der Waals surface area contributed by atoms with Gasteiger partial charge in [0.2, 0.25) is 5.91 Å². The number of rotatable bonds is 4. The molecule has 0 spiro atoms. The number of nitrogens with one attached hydrogen (secondary N) is 1. The van der Waals surface area contributed by atoms with E-state index < -0.39 is 0 Å². The minimum atomic E-state index is -0.148. The van der Waals surface area contributed by atoms with Gasteiger partial charge in [-0.25, -0.2) is 0 Å². The van der Waals surface area contributed by atoms with Gasteiger partial charge >= 0.3 is 0 Å². The molecular formula is C16H20N2O2. The summed E-state index contributed by atoms with van der Waals surface area (Å²) in [6.45, 7) is 8.16. The van der Waals surface area contributed by atoms with Gasteiger partial charge < -0.3 is 10.2 Å². The lowest BCUT2D eigenvalue weighted by molar-refractivity contribution is -0.117. The van der Waals surface area contributed by atoms with E-state index in [0.717, 1.165) is 0 Å². The van der Waals surface area contributed by atoms with Crippen LogP contribution in [0.25, 0.3) is 0 Å². The lowest BCUT2D eigenvalue weighted by Crippen LogP contribution is -2.33. The second kappa shape index (κ2) is 5.90. The highest BCUT2D eigenvalue weighted by atomic mass is 16.2. The summed E-state index contributed by atoms with van der Waals surface area (Å²) in [4.78, 5) is 26.0. The molecule has 1 aliphatic heterocycles. The van der Waals surface area contributed by atoms with Gasteiger partial charge in [-0.3, -0.25) is 9.59 Å². The average Bonchev–Trinajstić information content (AvgIpc) is 2.79. The Hall–Kier alpha value is -2.10. The third-order valence-electron chi connectivity index (χ3n) is 3.35. The first-order valence-corrected chi connectivity index (χ1v) is 6.85. The monoisotopic (exact) mass is 272 g/mol. The van der Waals surface area contributed by atoms with Crippen LogP contribution in [-0.4, -0.2) is 24.4 Å². The van der Waals surface area contributed by atoms with Crippen LogP contribution in [0.1, 0.15) is 30.6 Å². The Bertz CT molecular complexity index is 537. The highest BCUT2D eigenvalue weighted by Crippen LogP contribution is 2.28. The van der Waals surface area contributed by atoms with Gasteiger partial charge in [0, 0.05) is 24.9 Å². The Kier molecular flexibility index (Phi) is 4.23. The van der Waals surface area contributed by atoms with E-state index in [-0.39, 0.29) is 23.8 Å². The molecule has 4 heteroatoms. The summed E-state index contributed by atoms with van der Waals surface area (Å²) in [6.07, 6.45) is 2.26. The number of benzene rings is 1. The SMILES string of the molecule is C=CC1CC(=O)N(c2ccccc2C(=O)NC(C)C)C1. The topological polar surface area (TPSA) is 49.4 Å². The first-order chi connectivity index (χ1) is 9.52. The van der Waals surface area contributed by atoms with Crippen LogP contribution in [0.5, 0.6) is 0 Å². The van der Waals surface area contributed by atoms with Gasteiger partial charge in [-0.1, -0.05) is 18.2 Å². The van der Waals surface area contributed by atoms with Crippen LogP contribution < -0.4 is 10.2 Å². The van der Waals surface area contributed by atoms with Crippen molar-refractivity contribution in [3.63, 3.8) is 0 Å². The predicted octanol–water partition coefficient (Wildman–Crippen LogP) is 2.36. The van der Waals surface area contributed by atoms with Crippen LogP contribution in [0, 0.1) is 5.92 Å². The van der Waals surface area contributed by atoms with Crippen LogP contribution in [0.3, 0.4) is 0 Å². The molecule has 1 aromatic carbocycles. The molecule has 0 saturated carbocycles. The first-order valence-electron chi connectivity index (χ1n) is 6.85. The fraction of sp³-hybridized carbons (Fsp3) is 0.375. The van der Waals surface area contributed by atoms with Crippen LogP contribution in [-0.2, 0) is 4.79 Å². The molecule has 1 aliphatic rings. The van der Waals surface area contributed by atoms with Crippen molar-refractivity contribution >= 4 is 17.5 Å². The van der Waals surface area contributed by atoms with Crippen molar-refractivity contribution in [3.8, 4) is 0 Å². The first kappa shape index (κ1) is 14.3. The van der Waals surface area contributed by atoms with E-state index in [1.54, 1.807) is 17.0 Å². The highest BCUT2D eigenvalue weighted by Gasteiger charge is 2.30. The Balaban J connectivity index is 2.31. The Morgan fingerprint density at radius 1 is 1.45 bits per heavy atom. The van der Waals surface area contributed by atoms with Gasteiger partial charge in [0.1, 0.15) is 0 Å². The molecule has 0 aliphatic carbocycles. The molecule has 1 unspecified atom stereocenters. The molecular weight excluding hydrogens is 252 g/mol. The van der Waals surface area contributed by atoms with Gasteiger partial charge in [0.25, 0.3) is 5.91 Å². The van der Waals surface area contributed by atoms with E-state index >= 15 is 0 Å². The predicted molar refractivity (Wildman–Crippen MR) is 79.7 cm³/mol. The van der Waals surface area contributed by atoms with Crippen molar-refractivity contribution in [2.24, 2.45) is 5.92 Å². The van der Waals surface area contributed by atoms with E-state index in [1.807, 2.05) is 32.0 Å². The fourth-order valence-corrected chi connectivity index (χ4v) is 2.37. The lowest BCUT2D eigenvalue weighted by atomic mass is 10.1. The number of para-hydroxylation sites is 1. The largest absolute Gasteiger partial charge is 0.350 e. The standard InChI is InChI=1S/C16H20N2O2/c1-4-12-9-15(19)18(10-12)14-8-6-5-7-13(14)16(20)17-11(2)3/h4-8,11-12H,1,9-10H2,2-3H3,(H,17,20). The van der Waals surface area contributed by atoms with Gasteiger partial charge in [-0.2, -0.15) is 0 Å². The molecule has 1 fully saturated rings. The second-order valence-electron chi connectivity index (χ2n) is 5.35. The number of anilines is 1. The minimum Gasteiger partial charge on any atom is -0.350 e. The maximum atomic E-state index is 12.2. The van der Waals surface area contributed by atoms with Gasteiger partial charge in [0.05, 0.1) is 11.3 Å². The van der Waals surface area contributed by atoms with Crippen LogP contribution in [0.15, 0.2) is 36.9 Å². The second-order valence-corrected chi connectivity index (χ2v) is 5.35. The molecule has 0 aromatic heterocycles. The highest BCUT2D eigenvalue weighted by molar-refractivity contribution is 6.05. The van der Waals surface area contributed by atoms with E-state index in [9.17, 15) is 9.59 Å². The van der Waals surface area contributed by atoms with Gasteiger partial charge in [-0.15, -0.1) is 6.58 Å². The number of hydrogen-bond acceptors (Lipinski definition) is 2. The third-order valence-corrected chi connectivity index (χ3v) is 3.35. The summed E-state index contributed by atoms with van der Waals surface area (Å²) >= 11 is 0. The molecule has 1 aromatic rings. The van der Waals surface area contributed by atoms with Crippen molar-refractivity contribution in [1.29, 1.82) is 0 Å². The summed E-state index contributed by atoms with van der Waals surface area (Å²) in [5.74, 6) is 0.0499. The third kappa shape index (κ3) is 2.90. The molecule has 1 saturated heterocycles. The van der Waals surface area contributed by atoms with E-state index in [1.165, 1.54) is 0 Å². The maximum Gasteiger partial charge on any atom is 0.253 e. The number of hydrogen-bond donors (Lipinski definition) is 1. The Labute approximate surface area is 119 Å². The molecule has 20 heavy (non-hydrogen) atoms. The fourth-order valence-electron chi connectivity index (χ4n) is 2.37. The van der Waals surface area contributed by atoms with Gasteiger partial charge in [0.15, 0.2) is 0 Å². The van der Waals surface area contributed by atoms with Crippen molar-refractivity contribution < 1.29 is 9.59 Å². The van der Waals surface area contributed by atoms with Crippen molar-refractivity contribution in [2.75, 3.05) is 11.4 Å². The van der Waals surface area contributed by atoms with E-state index in [4.69, 9.17) is 0 Å². The molecule has 4 nitrogen and oxygen atoms in total. The lowest BCUT2D eigenvalue weighted by Gasteiger charge is -2.20. The molecule has 2 amide bonds. The summed E-state index contributed by atoms with van der Waals surface area (Å²) < 4.78 is 0. The smallest absolute Gasteiger partial charge is 0.253 e. The zero-order valence-corrected chi connectivity index (χ0v) is 11.9. The van der Waals surface area contributed by atoms with Crippen LogP contribution >= 0.6 is 0 Å². The zero-order valence-electron chi connectivity index (χ0n) is 11.9. The van der Waals surface area contributed by atoms with Crippen molar-refractivity contribution in [2.45, 2.75) is 26.3 Å². The molecule has 2 rings (SSSR count). The summed E-state index contributed by atoms with van der Waals surface area (Å²) in [5, 5.41) is 2.87. The minimum absolute atomic E-state index is 0.0414. The number of carbonyl (C=O) groups is 2. The van der Waals surface area contributed by atoms with Crippen molar-refractivity contribution in [3.05, 3.63) is 42.5 Å². The normalized spacial score (nSPS) is 18.4. The molecule has 1 atom stereocenters. The Morgan fingerprint density at radius 3 is 2.75 bits per heavy atom. The Morgan fingerprint density at radius 2 is 2.15 bits per heavy atom. The van der Waals surface area contributed by atoms with Crippen LogP contribution in [0.2, 0.25) is 0 Å². The maximum absolute atomic E-state index is 12.2. The molecule has 0 radical (unpaired) electrons. The quantitative estimate of drug-likeness (QED) is 0.855. The van der Waals surface area contributed by atoms with Crippen LogP contribution in [0.4, 0.5) is 5.69 Å². The van der Waals surface area contributed by atoms with Gasteiger partial charge in [-0.05, 0) is 26.0 Å². The number of carbonyl (C=O) groups excluding carboxylic acids is 2. The summed E-state index contributed by atoms with van der Waals surface area (Å²) in [6, 6.07) is 7.28. The molecule has 1 N–H and O–H groups in total. The van der Waals surface area contributed by atoms with Crippen molar-refractivity contribution in [1.82, 2.24) is 5.32 Å². The summed E-state index contributed by atoms with van der Waals surface area (Å²) in [5.41, 5.74) is 1.22. The average molecular weight is 272 g/mol. The number of nitrogens with zero attached hydrogens (tertiary/aromatic N) is 1. The molecule has 106 valence electrons. The molecule has 1 heterocycles. The summed E-state index contributed by atoms with van der Waals surface area (Å²) in [7, 11) is 0. The number of amides is 2. The molecule has 0 bridgehead atoms. The zero-order chi connectivity index (χ0) is 14.7. The van der Waals surface area contributed by atoms with E-state index in [2.05, 4.69) is 11.9 Å².